The second-order valence-corrected chi connectivity index (χ2v) is 21.4. The van der Waals surface area contributed by atoms with Gasteiger partial charge in [0, 0.05) is 43.3 Å². The SMILES string of the molecule is CC(C)C[C@H](NC(=O)CNC(=O)[C@H](Cc1ccccc1)NC(=O)[C@@H](NC(=O)[C@H](CCCCN)NC(=O)[C@H](C)N)[C@@H](C)O)C(=O)N[C@@H](CCC(=O)O)C(=O)N[C@@H](Cc1cnc[nH]1)C(=O)NCC(=O)N[C@@H](CS)C(=O)N[C@@H](CCC(=O)O)C(=O)N[C@@H](C)C(=O)O. The zero-order chi connectivity index (χ0) is 66.2. The largest absolute Gasteiger partial charge is 0.481 e. The number of rotatable bonds is 41. The standard InChI is InChI=1S/C54H83N15O18S/c1-27(2)19-36(62-40(71)23-58-46(78)37(20-31-11-7-6-8-12-31)68-53(85)44(30(5)70)69-50(82)33(13-9-10-18-55)64-45(77)28(3)56)51(83)65-35(15-17-43(75)76)49(81)67-38(21-32-22-57-26-60-32)47(79)59-24-41(72)63-39(25-88)52(84)66-34(14-16-42(73)74)48(80)61-29(4)54(86)87/h6-8,11-12,22,26-30,33-39,44,70,88H,9-10,13-21,23-25,55-56H2,1-5H3,(H,57,60)(H,58,78)(H,59,79)(H,61,80)(H,62,71)(H,63,72)(H,64,77)(H,65,83)(H,66,84)(H,67,81)(H,68,85)(H,69,82)(H,73,74)(H,75,76)(H,86,87)/t28-,29-,30+,33-,34-,35-,36-,37-,38-,39-,44-/m0/s1. The molecule has 0 spiro atoms. The topological polar surface area (TPSA) is 533 Å². The number of carbonyl (C=O) groups excluding carboxylic acids is 11. The lowest BCUT2D eigenvalue weighted by Crippen LogP contribution is -2.61. The van der Waals surface area contributed by atoms with Crippen LogP contribution in [0.4, 0.5) is 0 Å². The van der Waals surface area contributed by atoms with E-state index in [1.54, 1.807) is 44.2 Å². The third kappa shape index (κ3) is 28.6. The number of aromatic nitrogens is 2. The fourth-order valence-electron chi connectivity index (χ4n) is 8.10. The van der Waals surface area contributed by atoms with Crippen LogP contribution in [0.2, 0.25) is 0 Å². The molecule has 0 unspecified atom stereocenters. The average Bonchev–Trinajstić information content (AvgIpc) is 3.73. The Morgan fingerprint density at radius 3 is 1.49 bits per heavy atom. The molecule has 0 aliphatic carbocycles. The first-order valence-corrected chi connectivity index (χ1v) is 28.8. The lowest BCUT2D eigenvalue weighted by atomic mass is 10.0. The van der Waals surface area contributed by atoms with Gasteiger partial charge in [-0.25, -0.2) is 4.98 Å². The van der Waals surface area contributed by atoms with Gasteiger partial charge in [0.05, 0.1) is 31.6 Å². The van der Waals surface area contributed by atoms with Crippen molar-refractivity contribution >= 4 is 95.5 Å². The van der Waals surface area contributed by atoms with E-state index in [0.717, 1.165) is 6.92 Å². The zero-order valence-electron chi connectivity index (χ0n) is 49.4. The number of benzene rings is 1. The number of H-pyrrole nitrogens is 1. The van der Waals surface area contributed by atoms with Crippen LogP contribution in [-0.4, -0.2) is 205 Å². The number of carboxylic acid groups (broad SMARTS) is 3. The van der Waals surface area contributed by atoms with Gasteiger partial charge >= 0.3 is 17.9 Å². The highest BCUT2D eigenvalue weighted by Gasteiger charge is 2.35. The number of aliphatic hydroxyl groups excluding tert-OH is 1. The summed E-state index contributed by atoms with van der Waals surface area (Å²) in [7, 11) is 0. The minimum atomic E-state index is -1.69. The van der Waals surface area contributed by atoms with Crippen LogP contribution >= 0.6 is 12.6 Å². The average molecular weight is 1260 g/mol. The third-order valence-electron chi connectivity index (χ3n) is 12.9. The number of aliphatic hydroxyl groups is 1. The lowest BCUT2D eigenvalue weighted by Gasteiger charge is -2.27. The Morgan fingerprint density at radius 2 is 1.01 bits per heavy atom. The highest BCUT2D eigenvalue weighted by atomic mass is 32.1. The Bertz CT molecular complexity index is 2700. The number of nitrogens with two attached hydrogens (primary N) is 2. The number of nitrogens with zero attached hydrogens (tertiary/aromatic N) is 1. The molecule has 488 valence electrons. The van der Waals surface area contributed by atoms with E-state index in [9.17, 15) is 82.4 Å². The first-order chi connectivity index (χ1) is 41.5. The monoisotopic (exact) mass is 1260 g/mol. The molecule has 0 radical (unpaired) electrons. The number of imidazole rings is 1. The zero-order valence-corrected chi connectivity index (χ0v) is 50.3. The third-order valence-corrected chi connectivity index (χ3v) is 13.3. The van der Waals surface area contributed by atoms with Crippen LogP contribution in [0.3, 0.4) is 0 Å². The Hall–Kier alpha value is -8.76. The molecule has 0 fully saturated rings. The number of carboxylic acids is 3. The maximum Gasteiger partial charge on any atom is 0.325 e. The fraction of sp³-hybridized carbons (Fsp3) is 0.574. The summed E-state index contributed by atoms with van der Waals surface area (Å²) < 4.78 is 0. The minimum Gasteiger partial charge on any atom is -0.481 e. The molecule has 34 heteroatoms. The molecule has 0 aliphatic rings. The highest BCUT2D eigenvalue weighted by Crippen LogP contribution is 2.11. The molecule has 88 heavy (non-hydrogen) atoms. The Morgan fingerprint density at radius 1 is 0.545 bits per heavy atom. The number of nitrogens with one attached hydrogen (secondary N) is 12. The molecule has 0 aliphatic heterocycles. The minimum absolute atomic E-state index is 0.0733. The van der Waals surface area contributed by atoms with E-state index in [0.29, 0.717) is 24.9 Å². The van der Waals surface area contributed by atoms with E-state index in [4.69, 9.17) is 16.6 Å². The van der Waals surface area contributed by atoms with Gasteiger partial charge in [0.25, 0.3) is 0 Å². The van der Waals surface area contributed by atoms with E-state index < -0.39 is 194 Å². The molecular weight excluding hydrogens is 1180 g/mol. The van der Waals surface area contributed by atoms with Gasteiger partial charge in [-0.15, -0.1) is 0 Å². The number of aliphatic carboxylic acids is 3. The number of aromatic amines is 1. The smallest absolute Gasteiger partial charge is 0.325 e. The Kier molecular flexibility index (Phi) is 33.5. The van der Waals surface area contributed by atoms with Crippen molar-refractivity contribution in [3.05, 3.63) is 54.1 Å². The summed E-state index contributed by atoms with van der Waals surface area (Å²) in [5, 5.41) is 64.9. The molecule has 1 aromatic heterocycles. The predicted molar refractivity (Wildman–Crippen MR) is 314 cm³/mol. The summed E-state index contributed by atoms with van der Waals surface area (Å²) in [6.07, 6.45) is -0.830. The van der Waals surface area contributed by atoms with Crippen molar-refractivity contribution in [3.8, 4) is 0 Å². The van der Waals surface area contributed by atoms with Gasteiger partial charge in [-0.3, -0.25) is 67.1 Å². The summed E-state index contributed by atoms with van der Waals surface area (Å²) in [5.74, 6) is -15.4. The van der Waals surface area contributed by atoms with Gasteiger partial charge in [0.2, 0.25) is 65.0 Å². The number of hydrogen-bond donors (Lipinski definition) is 19. The van der Waals surface area contributed by atoms with Crippen LogP contribution in [0.1, 0.15) is 97.2 Å². The van der Waals surface area contributed by atoms with Crippen molar-refractivity contribution in [2.75, 3.05) is 25.4 Å². The molecule has 2 rings (SSSR count). The van der Waals surface area contributed by atoms with Crippen LogP contribution in [0, 0.1) is 5.92 Å². The normalized spacial score (nSPS) is 14.8. The van der Waals surface area contributed by atoms with E-state index in [1.807, 2.05) is 0 Å². The maximum absolute atomic E-state index is 14.1. The Balaban J connectivity index is 2.30. The first kappa shape index (κ1) is 75.3. The van der Waals surface area contributed by atoms with Crippen molar-refractivity contribution < 1.29 is 87.5 Å². The summed E-state index contributed by atoms with van der Waals surface area (Å²) in [5.41, 5.74) is 12.1. The molecule has 11 atom stereocenters. The lowest BCUT2D eigenvalue weighted by molar-refractivity contribution is -0.142. The van der Waals surface area contributed by atoms with E-state index in [1.165, 1.54) is 26.4 Å². The molecule has 20 N–H and O–H groups in total. The summed E-state index contributed by atoms with van der Waals surface area (Å²) in [6, 6.07) is -6.09. The van der Waals surface area contributed by atoms with Gasteiger partial charge in [0.15, 0.2) is 0 Å². The number of carbonyl (C=O) groups is 14. The number of unbranched alkanes of at least 4 members (excludes halogenated alkanes) is 1. The molecule has 0 saturated carbocycles. The summed E-state index contributed by atoms with van der Waals surface area (Å²) >= 11 is 4.07. The van der Waals surface area contributed by atoms with Gasteiger partial charge in [-0.2, -0.15) is 12.6 Å². The van der Waals surface area contributed by atoms with Crippen molar-refractivity contribution in [1.82, 2.24) is 68.5 Å². The summed E-state index contributed by atoms with van der Waals surface area (Å²) in [4.78, 5) is 189. The van der Waals surface area contributed by atoms with Crippen LogP contribution < -0.4 is 70.0 Å². The van der Waals surface area contributed by atoms with E-state index in [2.05, 4.69) is 81.1 Å². The van der Waals surface area contributed by atoms with Crippen molar-refractivity contribution in [2.24, 2.45) is 17.4 Å². The second-order valence-electron chi connectivity index (χ2n) is 21.0. The maximum atomic E-state index is 14.1. The molecule has 0 bridgehead atoms. The summed E-state index contributed by atoms with van der Waals surface area (Å²) in [6.45, 7) is 5.80. The van der Waals surface area contributed by atoms with Gasteiger partial charge in [-0.05, 0) is 77.3 Å². The quantitative estimate of drug-likeness (QED) is 0.0218. The van der Waals surface area contributed by atoms with Gasteiger partial charge < -0.3 is 95.4 Å². The van der Waals surface area contributed by atoms with E-state index in [-0.39, 0.29) is 37.3 Å². The van der Waals surface area contributed by atoms with Crippen molar-refractivity contribution in [2.45, 2.75) is 165 Å². The van der Waals surface area contributed by atoms with Crippen LogP contribution in [-0.2, 0) is 80.0 Å². The number of hydrogen-bond acceptors (Lipinski definition) is 19. The first-order valence-electron chi connectivity index (χ1n) is 28.1. The van der Waals surface area contributed by atoms with Crippen molar-refractivity contribution in [1.29, 1.82) is 0 Å². The van der Waals surface area contributed by atoms with Crippen LogP contribution in [0.25, 0.3) is 0 Å². The van der Waals surface area contributed by atoms with Gasteiger partial charge in [-0.1, -0.05) is 44.2 Å². The molecule has 0 saturated heterocycles. The predicted octanol–water partition coefficient (Wildman–Crippen LogP) is -5.54. The molecule has 33 nitrogen and oxygen atoms in total. The van der Waals surface area contributed by atoms with Crippen LogP contribution in [0.5, 0.6) is 0 Å². The fourth-order valence-corrected chi connectivity index (χ4v) is 8.36. The molecule has 11 amide bonds. The van der Waals surface area contributed by atoms with Gasteiger partial charge in [0.1, 0.15) is 54.4 Å². The van der Waals surface area contributed by atoms with E-state index >= 15 is 0 Å². The second kappa shape index (κ2) is 39.1. The van der Waals surface area contributed by atoms with Crippen molar-refractivity contribution in [3.63, 3.8) is 0 Å². The molecule has 2 aromatic rings. The number of amides is 11. The highest BCUT2D eigenvalue weighted by molar-refractivity contribution is 7.80. The molecule has 1 heterocycles. The molecular formula is C54H83N15O18S. The number of thiol groups is 1. The Labute approximate surface area is 512 Å². The van der Waals surface area contributed by atoms with Crippen LogP contribution in [0.15, 0.2) is 42.9 Å². The molecule has 1 aromatic carbocycles.